The standard InChI is InChI=1S/C20H32NO5P/c1-20(21,14-16-27(22,23)24)13-12-19-11-10-18(26-19)9-5-6-15-25-17-7-3-2-4-8-17/h10-11,17H,2-4,6-8,12-16,21H2,1H3,(H2,22,23,24). The molecule has 1 fully saturated rings. The van der Waals surface area contributed by atoms with Gasteiger partial charge in [-0.3, -0.25) is 4.57 Å². The van der Waals surface area contributed by atoms with E-state index in [0.29, 0.717) is 37.7 Å². The lowest BCUT2D eigenvalue weighted by Gasteiger charge is -2.24. The first-order valence-corrected chi connectivity index (χ1v) is 11.6. The molecule has 27 heavy (non-hydrogen) atoms. The van der Waals surface area contributed by atoms with Crippen LogP contribution in [0.4, 0.5) is 0 Å². The summed E-state index contributed by atoms with van der Waals surface area (Å²) in [7, 11) is -4.01. The highest BCUT2D eigenvalue weighted by atomic mass is 31.2. The molecule has 0 spiro atoms. The fourth-order valence-corrected chi connectivity index (χ4v) is 3.97. The number of aryl methyl sites for hydroxylation is 1. The molecule has 1 aliphatic rings. The Hall–Kier alpha value is -1.09. The molecular weight excluding hydrogens is 365 g/mol. The molecule has 1 aromatic heterocycles. The van der Waals surface area contributed by atoms with Crippen molar-refractivity contribution in [3.8, 4) is 11.8 Å². The Kier molecular flexibility index (Phi) is 8.60. The van der Waals surface area contributed by atoms with Crippen molar-refractivity contribution in [3.05, 3.63) is 23.7 Å². The Bertz CT molecular complexity index is 676. The molecule has 152 valence electrons. The molecule has 4 N–H and O–H groups in total. The van der Waals surface area contributed by atoms with Crippen molar-refractivity contribution in [1.82, 2.24) is 0 Å². The number of rotatable bonds is 9. The summed E-state index contributed by atoms with van der Waals surface area (Å²) in [4.78, 5) is 18.0. The highest BCUT2D eigenvalue weighted by Gasteiger charge is 2.24. The fourth-order valence-electron chi connectivity index (χ4n) is 3.17. The molecule has 6 nitrogen and oxygen atoms in total. The van der Waals surface area contributed by atoms with Crippen LogP contribution in [-0.4, -0.2) is 34.2 Å². The minimum absolute atomic E-state index is 0.197. The van der Waals surface area contributed by atoms with Gasteiger partial charge in [-0.15, -0.1) is 0 Å². The number of nitrogens with two attached hydrogens (primary N) is 1. The Labute approximate surface area is 162 Å². The van der Waals surface area contributed by atoms with Gasteiger partial charge in [-0.2, -0.15) is 0 Å². The Morgan fingerprint density at radius 2 is 2.04 bits per heavy atom. The second-order valence-corrected chi connectivity index (χ2v) is 9.52. The van der Waals surface area contributed by atoms with E-state index in [1.807, 2.05) is 12.1 Å². The van der Waals surface area contributed by atoms with Gasteiger partial charge in [0.15, 0.2) is 5.76 Å². The molecule has 1 heterocycles. The van der Waals surface area contributed by atoms with E-state index in [4.69, 9.17) is 24.7 Å². The first kappa shape index (κ1) is 22.2. The molecule has 1 atom stereocenters. The zero-order valence-corrected chi connectivity index (χ0v) is 17.0. The third kappa shape index (κ3) is 9.60. The lowest BCUT2D eigenvalue weighted by Crippen LogP contribution is -2.37. The number of furan rings is 1. The summed E-state index contributed by atoms with van der Waals surface area (Å²) >= 11 is 0. The Morgan fingerprint density at radius 3 is 2.74 bits per heavy atom. The monoisotopic (exact) mass is 397 g/mol. The van der Waals surface area contributed by atoms with Crippen molar-refractivity contribution in [2.24, 2.45) is 5.73 Å². The normalized spacial score (nSPS) is 17.9. The smallest absolute Gasteiger partial charge is 0.325 e. The predicted molar refractivity (Wildman–Crippen MR) is 105 cm³/mol. The van der Waals surface area contributed by atoms with Gasteiger partial charge in [0.25, 0.3) is 0 Å². The molecule has 2 rings (SSSR count). The minimum Gasteiger partial charge on any atom is -0.453 e. The third-order valence-electron chi connectivity index (χ3n) is 4.92. The summed E-state index contributed by atoms with van der Waals surface area (Å²) in [6.45, 7) is 2.47. The van der Waals surface area contributed by atoms with Crippen LogP contribution >= 0.6 is 7.60 Å². The van der Waals surface area contributed by atoms with Gasteiger partial charge < -0.3 is 24.7 Å². The van der Waals surface area contributed by atoms with Crippen molar-refractivity contribution in [1.29, 1.82) is 0 Å². The molecule has 0 aliphatic heterocycles. The first-order valence-electron chi connectivity index (χ1n) is 9.76. The SMILES string of the molecule is CC(N)(CCc1ccc(C#CCCOC2CCCCC2)o1)CCP(=O)(O)O. The van der Waals surface area contributed by atoms with E-state index < -0.39 is 13.1 Å². The van der Waals surface area contributed by atoms with Crippen molar-refractivity contribution in [2.45, 2.75) is 76.4 Å². The minimum atomic E-state index is -4.01. The van der Waals surface area contributed by atoms with Crippen LogP contribution in [0.1, 0.15) is 69.8 Å². The summed E-state index contributed by atoms with van der Waals surface area (Å²) in [6, 6.07) is 3.72. The van der Waals surface area contributed by atoms with Crippen LogP contribution in [-0.2, 0) is 15.7 Å². The van der Waals surface area contributed by atoms with E-state index in [2.05, 4.69) is 11.8 Å². The van der Waals surface area contributed by atoms with E-state index in [-0.39, 0.29) is 12.6 Å². The van der Waals surface area contributed by atoms with Gasteiger partial charge in [0.2, 0.25) is 0 Å². The summed E-state index contributed by atoms with van der Waals surface area (Å²) in [5, 5.41) is 0. The molecule has 0 saturated heterocycles. The van der Waals surface area contributed by atoms with Crippen LogP contribution < -0.4 is 5.73 Å². The maximum atomic E-state index is 11.0. The van der Waals surface area contributed by atoms with Crippen LogP contribution in [0.5, 0.6) is 0 Å². The molecule has 0 radical (unpaired) electrons. The average molecular weight is 397 g/mol. The van der Waals surface area contributed by atoms with Crippen molar-refractivity contribution >= 4 is 7.60 Å². The summed E-state index contributed by atoms with van der Waals surface area (Å²) in [5.41, 5.74) is 5.48. The van der Waals surface area contributed by atoms with Crippen LogP contribution in [0.2, 0.25) is 0 Å². The molecule has 1 unspecified atom stereocenters. The van der Waals surface area contributed by atoms with Crippen molar-refractivity contribution in [2.75, 3.05) is 12.8 Å². The molecule has 7 heteroatoms. The fraction of sp³-hybridized carbons (Fsp3) is 0.700. The first-order chi connectivity index (χ1) is 12.7. The summed E-state index contributed by atoms with van der Waals surface area (Å²) < 4.78 is 22.5. The average Bonchev–Trinajstić information content (AvgIpc) is 3.07. The van der Waals surface area contributed by atoms with Crippen LogP contribution in [0.25, 0.3) is 0 Å². The van der Waals surface area contributed by atoms with Gasteiger partial charge in [0.1, 0.15) is 5.76 Å². The van der Waals surface area contributed by atoms with E-state index in [1.165, 1.54) is 32.1 Å². The van der Waals surface area contributed by atoms with Crippen molar-refractivity contribution in [3.63, 3.8) is 0 Å². The lowest BCUT2D eigenvalue weighted by atomic mass is 9.93. The van der Waals surface area contributed by atoms with Gasteiger partial charge in [0, 0.05) is 18.4 Å². The Balaban J connectivity index is 1.69. The highest BCUT2D eigenvalue weighted by molar-refractivity contribution is 7.51. The van der Waals surface area contributed by atoms with Gasteiger partial charge >= 0.3 is 7.60 Å². The van der Waals surface area contributed by atoms with Crippen molar-refractivity contribution < 1.29 is 23.5 Å². The molecule has 1 saturated carbocycles. The molecule has 0 bridgehead atoms. The molecular formula is C20H32NO5P. The maximum Gasteiger partial charge on any atom is 0.325 e. The number of ether oxygens (including phenoxy) is 1. The van der Waals surface area contributed by atoms with Gasteiger partial charge in [-0.25, -0.2) is 0 Å². The number of hydrogen-bond acceptors (Lipinski definition) is 4. The highest BCUT2D eigenvalue weighted by Crippen LogP contribution is 2.37. The summed E-state index contributed by atoms with van der Waals surface area (Å²) in [5.74, 6) is 7.50. The third-order valence-corrected chi connectivity index (χ3v) is 5.73. The van der Waals surface area contributed by atoms with Crippen LogP contribution in [0.3, 0.4) is 0 Å². The van der Waals surface area contributed by atoms with Gasteiger partial charge in [-0.1, -0.05) is 25.2 Å². The van der Waals surface area contributed by atoms with Gasteiger partial charge in [-0.05, 0) is 50.7 Å². The largest absolute Gasteiger partial charge is 0.453 e. The molecule has 0 aromatic carbocycles. The molecule has 1 aromatic rings. The summed E-state index contributed by atoms with van der Waals surface area (Å²) in [6.07, 6.45) is 8.58. The number of hydrogen-bond donors (Lipinski definition) is 3. The lowest BCUT2D eigenvalue weighted by molar-refractivity contribution is 0.0320. The second kappa shape index (κ2) is 10.5. The van der Waals surface area contributed by atoms with Gasteiger partial charge in [0.05, 0.1) is 18.9 Å². The zero-order chi connectivity index (χ0) is 19.8. The van der Waals surface area contributed by atoms with E-state index >= 15 is 0 Å². The topological polar surface area (TPSA) is 106 Å². The maximum absolute atomic E-state index is 11.0. The van der Waals surface area contributed by atoms with E-state index in [9.17, 15) is 4.57 Å². The van der Waals surface area contributed by atoms with E-state index in [0.717, 1.165) is 5.76 Å². The Morgan fingerprint density at radius 1 is 1.30 bits per heavy atom. The van der Waals surface area contributed by atoms with Crippen LogP contribution in [0.15, 0.2) is 16.5 Å². The van der Waals surface area contributed by atoms with Crippen LogP contribution in [0, 0.1) is 11.8 Å². The second-order valence-electron chi connectivity index (χ2n) is 7.74. The molecule has 1 aliphatic carbocycles. The van der Waals surface area contributed by atoms with E-state index in [1.54, 1.807) is 6.92 Å². The zero-order valence-electron chi connectivity index (χ0n) is 16.2. The predicted octanol–water partition coefficient (Wildman–Crippen LogP) is 3.59. The molecule has 0 amide bonds. The quantitative estimate of drug-likeness (QED) is 0.334.